The summed E-state index contributed by atoms with van der Waals surface area (Å²) in [6.45, 7) is 0.972. The Bertz CT molecular complexity index is 1280. The summed E-state index contributed by atoms with van der Waals surface area (Å²) >= 11 is 0. The molecule has 1 aromatic heterocycles. The van der Waals surface area contributed by atoms with Crippen molar-refractivity contribution < 1.29 is 24.5 Å². The topological polar surface area (TPSA) is 105 Å². The average molecular weight is 492 g/mol. The zero-order chi connectivity index (χ0) is 25.2. The molecule has 1 saturated carbocycles. The number of nitrogens with zero attached hydrogens (tertiary/aromatic N) is 3. The summed E-state index contributed by atoms with van der Waals surface area (Å²) < 4.78 is 7.17. The van der Waals surface area contributed by atoms with E-state index in [-0.39, 0.29) is 24.3 Å². The quantitative estimate of drug-likeness (QED) is 0.519. The molecular weight excluding hydrogens is 458 g/mol. The van der Waals surface area contributed by atoms with Gasteiger partial charge in [-0.1, -0.05) is 37.5 Å². The number of ether oxygens (including phenoxy) is 1. The monoisotopic (exact) mass is 491 g/mol. The molecule has 1 amide bonds. The van der Waals surface area contributed by atoms with Gasteiger partial charge in [0.1, 0.15) is 5.82 Å². The highest BCUT2D eigenvalue weighted by Gasteiger charge is 2.30. The van der Waals surface area contributed by atoms with Crippen molar-refractivity contribution in [1.82, 2.24) is 14.5 Å². The maximum absolute atomic E-state index is 12.3. The fourth-order valence-corrected chi connectivity index (χ4v) is 5.87. The Morgan fingerprint density at radius 3 is 2.69 bits per heavy atom. The van der Waals surface area contributed by atoms with Crippen LogP contribution in [0.2, 0.25) is 0 Å². The highest BCUT2D eigenvalue weighted by Crippen LogP contribution is 2.38. The lowest BCUT2D eigenvalue weighted by atomic mass is 9.88. The summed E-state index contributed by atoms with van der Waals surface area (Å²) in [5, 5.41) is 20.0. The Morgan fingerprint density at radius 2 is 1.97 bits per heavy atom. The molecule has 2 heterocycles. The number of fused-ring (bicyclic) bond motifs is 3. The lowest BCUT2D eigenvalue weighted by molar-refractivity contribution is 0.0696. The van der Waals surface area contributed by atoms with E-state index in [4.69, 9.17) is 9.72 Å². The summed E-state index contributed by atoms with van der Waals surface area (Å²) in [6.07, 6.45) is 6.57. The summed E-state index contributed by atoms with van der Waals surface area (Å²) in [6, 6.07) is 10.9. The summed E-state index contributed by atoms with van der Waals surface area (Å²) in [7, 11) is 1.40. The van der Waals surface area contributed by atoms with Crippen LogP contribution in [0, 0.1) is 0 Å². The number of imidazole rings is 1. The molecule has 0 bridgehead atoms. The van der Waals surface area contributed by atoms with Gasteiger partial charge in [0, 0.05) is 18.0 Å². The van der Waals surface area contributed by atoms with Gasteiger partial charge in [0.05, 0.1) is 42.9 Å². The van der Waals surface area contributed by atoms with Crippen molar-refractivity contribution in [2.24, 2.45) is 0 Å². The molecule has 1 aliphatic carbocycles. The van der Waals surface area contributed by atoms with Crippen molar-refractivity contribution in [3.05, 3.63) is 64.5 Å². The highest BCUT2D eigenvalue weighted by atomic mass is 16.5. The number of hydrogen-bond acceptors (Lipinski definition) is 5. The molecule has 5 rings (SSSR count). The van der Waals surface area contributed by atoms with Gasteiger partial charge in [-0.2, -0.15) is 0 Å². The van der Waals surface area contributed by atoms with E-state index in [0.29, 0.717) is 25.4 Å². The lowest BCUT2D eigenvalue weighted by Gasteiger charge is -2.28. The van der Waals surface area contributed by atoms with Gasteiger partial charge in [0.15, 0.2) is 0 Å². The van der Waals surface area contributed by atoms with Crippen LogP contribution in [-0.4, -0.2) is 57.0 Å². The number of carbonyl (C=O) groups excluding carboxylic acids is 1. The fraction of sp³-hybridized carbons (Fsp3) is 0.464. The van der Waals surface area contributed by atoms with Gasteiger partial charge in [-0.3, -0.25) is 0 Å². The predicted molar refractivity (Wildman–Crippen MR) is 135 cm³/mol. The molecule has 2 aromatic carbocycles. The summed E-state index contributed by atoms with van der Waals surface area (Å²) in [5.74, 6) is 0.332. The van der Waals surface area contributed by atoms with Crippen LogP contribution < -0.4 is 0 Å². The third-order valence-electron chi connectivity index (χ3n) is 7.72. The molecule has 1 fully saturated rings. The molecule has 2 aliphatic rings. The van der Waals surface area contributed by atoms with E-state index in [1.807, 2.05) is 6.07 Å². The Labute approximate surface area is 210 Å². The largest absolute Gasteiger partial charge is 0.478 e. The number of hydrogen-bond donors (Lipinski definition) is 2. The van der Waals surface area contributed by atoms with Crippen molar-refractivity contribution in [3.63, 3.8) is 0 Å². The SMILES string of the molecule is COC(=O)N1CCc2ccc3c(nc(C4CCCCC4)n3[C@@H](CO)Cc3cccc(C(=O)O)c3)c2C1. The van der Waals surface area contributed by atoms with E-state index in [9.17, 15) is 19.8 Å². The van der Waals surface area contributed by atoms with Crippen LogP contribution in [0.5, 0.6) is 0 Å². The first-order valence-corrected chi connectivity index (χ1v) is 12.8. The molecule has 36 heavy (non-hydrogen) atoms. The summed E-state index contributed by atoms with van der Waals surface area (Å²) in [4.78, 5) is 30.7. The lowest BCUT2D eigenvalue weighted by Crippen LogP contribution is -2.35. The van der Waals surface area contributed by atoms with E-state index >= 15 is 0 Å². The second kappa shape index (κ2) is 10.3. The number of aliphatic hydroxyl groups excluding tert-OH is 1. The standard InChI is InChI=1S/C28H33N3O5/c1-36-28(35)30-13-12-19-10-11-24-25(23(19)16-30)29-26(20-7-3-2-4-8-20)31(24)22(17-32)15-18-6-5-9-21(14-18)27(33)34/h5-6,9-11,14,20,22,32H,2-4,7-8,12-13,15-17H2,1H3,(H,33,34)/t22-/m1/s1. The second-order valence-corrected chi connectivity index (χ2v) is 9.93. The van der Waals surface area contributed by atoms with Crippen molar-refractivity contribution in [2.45, 2.75) is 63.5 Å². The second-order valence-electron chi connectivity index (χ2n) is 9.93. The van der Waals surface area contributed by atoms with Crippen molar-refractivity contribution in [1.29, 1.82) is 0 Å². The molecule has 1 atom stereocenters. The zero-order valence-corrected chi connectivity index (χ0v) is 20.7. The average Bonchev–Trinajstić information content (AvgIpc) is 3.31. The van der Waals surface area contributed by atoms with Crippen molar-refractivity contribution >= 4 is 23.1 Å². The van der Waals surface area contributed by atoms with Gasteiger partial charge in [0.2, 0.25) is 0 Å². The van der Waals surface area contributed by atoms with Crippen LogP contribution in [-0.2, 0) is 24.1 Å². The first-order valence-electron chi connectivity index (χ1n) is 12.8. The van der Waals surface area contributed by atoms with Crippen LogP contribution in [0.3, 0.4) is 0 Å². The smallest absolute Gasteiger partial charge is 0.409 e. The molecule has 0 unspecified atom stereocenters. The number of benzene rings is 2. The first kappa shape index (κ1) is 24.3. The molecule has 8 nitrogen and oxygen atoms in total. The Morgan fingerprint density at radius 1 is 1.17 bits per heavy atom. The number of rotatable bonds is 6. The van der Waals surface area contributed by atoms with Crippen LogP contribution in [0.4, 0.5) is 4.79 Å². The van der Waals surface area contributed by atoms with Gasteiger partial charge in [0.25, 0.3) is 0 Å². The van der Waals surface area contributed by atoms with Crippen LogP contribution in [0.25, 0.3) is 11.0 Å². The minimum atomic E-state index is -0.963. The van der Waals surface area contributed by atoms with E-state index in [1.165, 1.54) is 19.1 Å². The Kier molecular flexibility index (Phi) is 6.96. The van der Waals surface area contributed by atoms with Crippen LogP contribution >= 0.6 is 0 Å². The molecule has 0 radical (unpaired) electrons. The molecule has 2 N–H and O–H groups in total. The third kappa shape index (κ3) is 4.57. The number of carbonyl (C=O) groups is 2. The normalized spacial score (nSPS) is 17.1. The predicted octanol–water partition coefficient (Wildman–Crippen LogP) is 4.68. The van der Waals surface area contributed by atoms with Gasteiger partial charge in [-0.25, -0.2) is 14.6 Å². The fourth-order valence-electron chi connectivity index (χ4n) is 5.87. The number of carboxylic acids is 1. The van der Waals surface area contributed by atoms with Gasteiger partial charge >= 0.3 is 12.1 Å². The molecule has 190 valence electrons. The molecule has 3 aromatic rings. The number of aromatic carboxylic acids is 1. The van der Waals surface area contributed by atoms with E-state index < -0.39 is 5.97 Å². The third-order valence-corrected chi connectivity index (χ3v) is 7.72. The van der Waals surface area contributed by atoms with Crippen molar-refractivity contribution in [3.8, 4) is 0 Å². The number of aliphatic hydroxyl groups is 1. The first-order chi connectivity index (χ1) is 17.5. The number of amides is 1. The minimum absolute atomic E-state index is 0.0894. The molecule has 0 spiro atoms. The van der Waals surface area contributed by atoms with E-state index in [1.54, 1.807) is 23.1 Å². The van der Waals surface area contributed by atoms with Crippen molar-refractivity contribution in [2.75, 3.05) is 20.3 Å². The van der Waals surface area contributed by atoms with E-state index in [2.05, 4.69) is 16.7 Å². The number of aromatic nitrogens is 2. The maximum atomic E-state index is 12.3. The number of carboxylic acid groups (broad SMARTS) is 1. The molecule has 0 saturated heterocycles. The summed E-state index contributed by atoms with van der Waals surface area (Å²) in [5.41, 5.74) is 5.18. The highest BCUT2D eigenvalue weighted by molar-refractivity contribution is 5.87. The minimum Gasteiger partial charge on any atom is -0.478 e. The van der Waals surface area contributed by atoms with Crippen LogP contribution in [0.15, 0.2) is 36.4 Å². The maximum Gasteiger partial charge on any atom is 0.409 e. The van der Waals surface area contributed by atoms with Gasteiger partial charge in [-0.05, 0) is 55.0 Å². The molecular formula is C28H33N3O5. The van der Waals surface area contributed by atoms with Gasteiger partial charge < -0.3 is 24.4 Å². The Balaban J connectivity index is 1.61. The zero-order valence-electron chi connectivity index (χ0n) is 20.7. The number of methoxy groups -OCH3 is 1. The molecule has 8 heteroatoms. The van der Waals surface area contributed by atoms with E-state index in [0.717, 1.165) is 60.1 Å². The van der Waals surface area contributed by atoms with Gasteiger partial charge in [-0.15, -0.1) is 0 Å². The van der Waals surface area contributed by atoms with Crippen LogP contribution in [0.1, 0.15) is 76.9 Å². The molecule has 1 aliphatic heterocycles. The Hall–Kier alpha value is -3.39.